The summed E-state index contributed by atoms with van der Waals surface area (Å²) in [5, 5.41) is 69.6. The van der Waals surface area contributed by atoms with Gasteiger partial charge in [0, 0.05) is 117 Å². The van der Waals surface area contributed by atoms with Gasteiger partial charge in [0.1, 0.15) is 48.3 Å². The van der Waals surface area contributed by atoms with Crippen LogP contribution in [0.1, 0.15) is 82.1 Å². The van der Waals surface area contributed by atoms with Crippen LogP contribution in [0.4, 0.5) is 49.1 Å². The molecule has 0 spiro atoms. The average molecular weight is 1510 g/mol. The molecular weight excluding hydrogens is 1430 g/mol. The van der Waals surface area contributed by atoms with Crippen LogP contribution in [0.25, 0.3) is 33.6 Å². The molecule has 2 unspecified atom stereocenters. The van der Waals surface area contributed by atoms with Crippen molar-refractivity contribution >= 4 is 22.7 Å². The number of aliphatic hydroxyl groups excluding tert-OH is 2. The predicted octanol–water partition coefficient (Wildman–Crippen LogP) is 10.0. The van der Waals surface area contributed by atoms with Crippen molar-refractivity contribution in [1.82, 2.24) is 79.1 Å². The molecule has 0 saturated carbocycles. The molecule has 574 valence electrons. The molecule has 26 nitrogen and oxygen atoms in total. The van der Waals surface area contributed by atoms with E-state index in [-0.39, 0.29) is 17.4 Å². The maximum absolute atomic E-state index is 16.2. The Labute approximate surface area is 629 Å². The molecule has 110 heavy (non-hydrogen) atoms. The van der Waals surface area contributed by atoms with E-state index < -0.39 is 82.4 Å². The van der Waals surface area contributed by atoms with E-state index in [0.29, 0.717) is 29.2 Å². The maximum atomic E-state index is 16.2. The van der Waals surface area contributed by atoms with Crippen LogP contribution < -0.4 is 31.0 Å². The number of tetrazole rings is 2. The summed E-state index contributed by atoms with van der Waals surface area (Å²) < 4.78 is 102. The van der Waals surface area contributed by atoms with Gasteiger partial charge in [-0.05, 0) is 155 Å². The lowest BCUT2D eigenvalue weighted by molar-refractivity contribution is -0.207. The fourth-order valence-corrected chi connectivity index (χ4v) is 14.1. The van der Waals surface area contributed by atoms with Gasteiger partial charge in [-0.25, -0.2) is 46.2 Å². The second-order valence-electron chi connectivity index (χ2n) is 27.2. The van der Waals surface area contributed by atoms with E-state index in [1.807, 2.05) is 104 Å². The number of hydrogen-bond acceptors (Lipinski definition) is 20. The van der Waals surface area contributed by atoms with E-state index >= 15 is 17.6 Å². The summed E-state index contributed by atoms with van der Waals surface area (Å²) >= 11 is 0. The van der Waals surface area contributed by atoms with Gasteiger partial charge in [0.15, 0.2) is 11.2 Å². The number of hydrogen-bond donors (Lipinski definition) is 4. The van der Waals surface area contributed by atoms with Crippen molar-refractivity contribution in [2.45, 2.75) is 102 Å². The zero-order valence-electron chi connectivity index (χ0n) is 61.2. The van der Waals surface area contributed by atoms with Crippen LogP contribution >= 0.6 is 0 Å². The number of pyridine rings is 2. The number of aliphatic hydroxyl groups is 4. The van der Waals surface area contributed by atoms with Crippen LogP contribution in [0.2, 0.25) is 0 Å². The highest BCUT2D eigenvalue weighted by Crippen LogP contribution is 2.49. The molecule has 6 aromatic heterocycles. The molecule has 32 heteroatoms. The Kier molecular flexibility index (Phi) is 23.6. The normalized spacial score (nSPS) is 15.4. The molecular formula is C78H84F6N20O6. The minimum atomic E-state index is -4.03. The van der Waals surface area contributed by atoms with Gasteiger partial charge in [-0.1, -0.05) is 100 Å². The fourth-order valence-electron chi connectivity index (χ4n) is 14.1. The molecule has 14 rings (SSSR count). The first-order chi connectivity index (χ1) is 53.0. The Morgan fingerprint density at radius 1 is 0.427 bits per heavy atom. The molecule has 8 heterocycles. The van der Waals surface area contributed by atoms with Crippen molar-refractivity contribution < 1.29 is 46.8 Å². The zero-order chi connectivity index (χ0) is 78.1. The number of benzene rings is 6. The van der Waals surface area contributed by atoms with Crippen molar-refractivity contribution in [1.29, 1.82) is 0 Å². The van der Waals surface area contributed by atoms with Crippen LogP contribution in [0.3, 0.4) is 0 Å². The highest BCUT2D eigenvalue weighted by Gasteiger charge is 2.59. The first-order valence-corrected chi connectivity index (χ1v) is 35.9. The number of anilines is 4. The Bertz CT molecular complexity index is 4760. The second kappa shape index (κ2) is 33.4. The summed E-state index contributed by atoms with van der Waals surface area (Å²) in [7, 11) is 1.00. The van der Waals surface area contributed by atoms with Gasteiger partial charge in [0.05, 0.1) is 42.7 Å². The van der Waals surface area contributed by atoms with Crippen LogP contribution in [-0.2, 0) is 36.1 Å². The third-order valence-corrected chi connectivity index (χ3v) is 20.3. The fraction of sp³-hybridized carbons (Fsp3) is 0.333. The van der Waals surface area contributed by atoms with Crippen molar-refractivity contribution in [3.63, 3.8) is 0 Å². The molecule has 0 amide bonds. The molecule has 6 aromatic carbocycles. The van der Waals surface area contributed by atoms with Crippen molar-refractivity contribution in [2.75, 3.05) is 79.1 Å². The Hall–Kier alpha value is -11.7. The minimum Gasteiger partial charge on any atom is -0.400 e. The summed E-state index contributed by atoms with van der Waals surface area (Å²) in [6.07, 6.45) is 8.54. The van der Waals surface area contributed by atoms with Crippen molar-refractivity contribution in [3.8, 4) is 33.6 Å². The Morgan fingerprint density at radius 3 is 1.04 bits per heavy atom. The van der Waals surface area contributed by atoms with E-state index in [2.05, 4.69) is 91.6 Å². The SMILES string of the molecule is CC[C@@H](C(C)C)n1ncn(-c2ccc(N3CCN(c4ccc(-c5ccc(C(F)(F)C(O)(Cn6cnnn6)c6ccccc6F)nc5)cc4)CC3)cc2)c1=O.CC[C@@H]([C@H](C)O)n1ncn(-c2ccc(N3CCN(c4ccc(-c5ccc(C(F)(F)C(O)(Cn6cnnn6)c6ccccc6F)nc5)cc4)CC3)cc2)c1=O.CO. The second-order valence-corrected chi connectivity index (χ2v) is 27.2. The molecule has 0 bridgehead atoms. The molecule has 12 aromatic rings. The van der Waals surface area contributed by atoms with E-state index in [9.17, 15) is 33.7 Å². The first kappa shape index (κ1) is 77.9. The quantitative estimate of drug-likeness (QED) is 0.0409. The molecule has 2 fully saturated rings. The summed E-state index contributed by atoms with van der Waals surface area (Å²) in [6, 6.07) is 45.9. The molecule has 5 atom stereocenters. The smallest absolute Gasteiger partial charge is 0.350 e. The topological polar surface area (TPSA) is 286 Å². The van der Waals surface area contributed by atoms with Gasteiger partial charge in [-0.15, -0.1) is 10.2 Å². The van der Waals surface area contributed by atoms with Crippen LogP contribution in [0.15, 0.2) is 217 Å². The van der Waals surface area contributed by atoms with E-state index in [1.54, 1.807) is 22.5 Å². The van der Waals surface area contributed by atoms with E-state index in [0.717, 1.165) is 164 Å². The lowest BCUT2D eigenvalue weighted by Gasteiger charge is -2.37. The van der Waals surface area contributed by atoms with Crippen LogP contribution in [-0.4, -0.2) is 165 Å². The third-order valence-electron chi connectivity index (χ3n) is 20.3. The van der Waals surface area contributed by atoms with Gasteiger partial charge < -0.3 is 40.0 Å². The van der Waals surface area contributed by atoms with Gasteiger partial charge in [0.25, 0.3) is 0 Å². The van der Waals surface area contributed by atoms with E-state index in [4.69, 9.17) is 5.11 Å². The summed E-state index contributed by atoms with van der Waals surface area (Å²) in [6.45, 7) is 14.5. The Balaban J connectivity index is 0.000000200. The monoisotopic (exact) mass is 1510 g/mol. The van der Waals surface area contributed by atoms with Crippen molar-refractivity contribution in [3.05, 3.63) is 263 Å². The third kappa shape index (κ3) is 15.9. The zero-order valence-corrected chi connectivity index (χ0v) is 61.2. The summed E-state index contributed by atoms with van der Waals surface area (Å²) in [5.74, 6) is -9.75. The predicted molar refractivity (Wildman–Crippen MR) is 401 cm³/mol. The number of rotatable bonds is 24. The largest absolute Gasteiger partial charge is 0.400 e. The number of nitrogens with zero attached hydrogens (tertiary/aromatic N) is 20. The van der Waals surface area contributed by atoms with Crippen LogP contribution in [0, 0.1) is 17.6 Å². The highest BCUT2D eigenvalue weighted by atomic mass is 19.3. The summed E-state index contributed by atoms with van der Waals surface area (Å²) in [5.41, 5.74) is -0.861. The number of piperazine rings is 2. The number of alkyl halides is 4. The number of halogens is 6. The molecule has 4 N–H and O–H groups in total. The number of aromatic nitrogens is 16. The van der Waals surface area contributed by atoms with E-state index in [1.165, 1.54) is 64.4 Å². The minimum absolute atomic E-state index is 0.0505. The lowest BCUT2D eigenvalue weighted by Crippen LogP contribution is -2.48. The maximum Gasteiger partial charge on any atom is 0.350 e. The van der Waals surface area contributed by atoms with Gasteiger partial charge in [-0.2, -0.15) is 27.8 Å². The molecule has 2 saturated heterocycles. The average Bonchev–Trinajstić information content (AvgIpc) is 0.766. The highest BCUT2D eigenvalue weighted by molar-refractivity contribution is 5.68. The Morgan fingerprint density at radius 2 is 0.745 bits per heavy atom. The van der Waals surface area contributed by atoms with Gasteiger partial charge >= 0.3 is 23.2 Å². The van der Waals surface area contributed by atoms with Crippen LogP contribution in [0.5, 0.6) is 0 Å². The van der Waals surface area contributed by atoms with Gasteiger partial charge in [-0.3, -0.25) is 9.97 Å². The van der Waals surface area contributed by atoms with Crippen molar-refractivity contribution in [2.24, 2.45) is 5.92 Å². The molecule has 2 aliphatic rings. The van der Waals surface area contributed by atoms with Gasteiger partial charge in [0.2, 0.25) is 0 Å². The summed E-state index contributed by atoms with van der Waals surface area (Å²) in [4.78, 5) is 43.3. The first-order valence-electron chi connectivity index (χ1n) is 35.9. The molecule has 0 aliphatic carbocycles. The molecule has 0 radical (unpaired) electrons. The molecule has 2 aliphatic heterocycles. The standard InChI is InChI=1S/C39H41F3N10O2.C38H39F3N10O3.CH4O/c1-4-35(27(2)3)52-37(53)51(26-45-52)32-16-14-31(15-17-32)49-21-19-48(20-22-49)30-12-9-28(10-13-30)29-11-18-36(43-23-29)39(41,42)38(54,24-50-25-44-46-47-50)33-7-5-6-8-34(33)40;1-3-34(26(2)52)51-36(53)50(25-44-51)31-15-13-30(14-16-31)48-20-18-47(19-21-48)29-11-8-27(9-12-29)28-10-17-35(42-22-28)38(40,41)37(54,23-49-24-43-45-46-49)32-6-4-5-7-33(32)39;1-2/h5-18,23,25-27,35,54H,4,19-22,24H2,1-3H3;4-17,22,24-26,34,52,54H,3,18-21,23H2,1-2H3;2H,1H3/t35-,38?;26-,34-,37?;/m00./s1. The lowest BCUT2D eigenvalue weighted by atomic mass is 9.84.